The van der Waals surface area contributed by atoms with Gasteiger partial charge in [-0.1, -0.05) is 6.92 Å². The summed E-state index contributed by atoms with van der Waals surface area (Å²) in [7, 11) is 0. The molecule has 1 aliphatic rings. The van der Waals surface area contributed by atoms with Crippen LogP contribution in [0.1, 0.15) is 32.6 Å². The van der Waals surface area contributed by atoms with Gasteiger partial charge in [0.2, 0.25) is 0 Å². The van der Waals surface area contributed by atoms with Crippen molar-refractivity contribution < 1.29 is 0 Å². The third-order valence-corrected chi connectivity index (χ3v) is 3.45. The highest BCUT2D eigenvalue weighted by Gasteiger charge is 2.30. The quantitative estimate of drug-likeness (QED) is 0.832. The number of hydrogen-bond acceptors (Lipinski definition) is 4. The molecule has 1 aliphatic heterocycles. The highest BCUT2D eigenvalue weighted by atomic mass is 15.3. The normalized spacial score (nSPS) is 23.4. The molecule has 0 bridgehead atoms. The van der Waals surface area contributed by atoms with Crippen LogP contribution in [0.4, 0.5) is 0 Å². The number of nitrogens with two attached hydrogens (primary N) is 1. The van der Waals surface area contributed by atoms with Gasteiger partial charge in [-0.15, -0.1) is 0 Å². The first kappa shape index (κ1) is 13.5. The molecule has 1 fully saturated rings. The van der Waals surface area contributed by atoms with Crippen LogP contribution < -0.4 is 5.73 Å². The molecule has 0 spiro atoms. The van der Waals surface area contributed by atoms with E-state index in [9.17, 15) is 0 Å². The topological polar surface area (TPSA) is 61.2 Å². The van der Waals surface area contributed by atoms with Crippen molar-refractivity contribution in [3.8, 4) is 0 Å². The van der Waals surface area contributed by atoms with Crippen LogP contribution >= 0.6 is 0 Å². The maximum absolute atomic E-state index is 6.12. The van der Waals surface area contributed by atoms with Crippen molar-refractivity contribution in [1.29, 1.82) is 0 Å². The first-order valence-electron chi connectivity index (χ1n) is 6.74. The molecule has 5 heteroatoms. The van der Waals surface area contributed by atoms with Crippen LogP contribution in [-0.4, -0.2) is 58.0 Å². The van der Waals surface area contributed by atoms with E-state index >= 15 is 0 Å². The molecule has 102 valence electrons. The summed E-state index contributed by atoms with van der Waals surface area (Å²) in [6.45, 7) is 11.5. The van der Waals surface area contributed by atoms with Crippen molar-refractivity contribution in [2.45, 2.75) is 32.4 Å². The minimum atomic E-state index is -0.137. The lowest BCUT2D eigenvalue weighted by Gasteiger charge is -2.42. The van der Waals surface area contributed by atoms with Crippen molar-refractivity contribution >= 4 is 0 Å². The molecule has 1 aromatic heterocycles. The second-order valence-corrected chi connectivity index (χ2v) is 5.84. The summed E-state index contributed by atoms with van der Waals surface area (Å²) < 4.78 is 0. The lowest BCUT2D eigenvalue weighted by Crippen LogP contribution is -2.54. The third-order valence-electron chi connectivity index (χ3n) is 3.45. The fourth-order valence-corrected chi connectivity index (χ4v) is 2.69. The van der Waals surface area contributed by atoms with Gasteiger partial charge in [-0.25, -0.2) is 4.98 Å². The van der Waals surface area contributed by atoms with Gasteiger partial charge in [-0.05, 0) is 20.4 Å². The Bertz CT molecular complexity index is 354. The lowest BCUT2D eigenvalue weighted by atomic mass is 10.0. The number of piperazine rings is 1. The molecule has 0 amide bonds. The fourth-order valence-electron chi connectivity index (χ4n) is 2.69. The molecular weight excluding hydrogens is 226 g/mol. The zero-order valence-electron chi connectivity index (χ0n) is 11.7. The summed E-state index contributed by atoms with van der Waals surface area (Å²) in [6, 6.07) is 0.362. The number of imidazole rings is 1. The molecule has 3 N–H and O–H groups in total. The molecule has 5 nitrogen and oxygen atoms in total. The second-order valence-electron chi connectivity index (χ2n) is 5.84. The summed E-state index contributed by atoms with van der Waals surface area (Å²) >= 11 is 0. The van der Waals surface area contributed by atoms with E-state index in [-0.39, 0.29) is 5.54 Å². The number of H-pyrrole nitrogens is 1. The Morgan fingerprint density at radius 1 is 1.50 bits per heavy atom. The Hall–Kier alpha value is -0.910. The molecule has 0 saturated carbocycles. The molecular formula is C13H25N5. The number of aromatic nitrogens is 2. The number of nitrogens with one attached hydrogen (secondary N) is 1. The number of nitrogens with zero attached hydrogens (tertiary/aromatic N) is 3. The lowest BCUT2D eigenvalue weighted by molar-refractivity contribution is 0.0636. The minimum Gasteiger partial charge on any atom is -0.347 e. The van der Waals surface area contributed by atoms with Crippen LogP contribution in [0.25, 0.3) is 0 Å². The van der Waals surface area contributed by atoms with Gasteiger partial charge in [-0.3, -0.25) is 9.80 Å². The van der Waals surface area contributed by atoms with Crippen LogP contribution in [0.5, 0.6) is 0 Å². The van der Waals surface area contributed by atoms with Crippen molar-refractivity contribution in [1.82, 2.24) is 19.8 Å². The van der Waals surface area contributed by atoms with Crippen molar-refractivity contribution in [3.63, 3.8) is 0 Å². The Balaban J connectivity index is 2.05. The third kappa shape index (κ3) is 3.31. The van der Waals surface area contributed by atoms with Gasteiger partial charge >= 0.3 is 0 Å². The minimum absolute atomic E-state index is 0.137. The Kier molecular flexibility index (Phi) is 4.04. The Morgan fingerprint density at radius 3 is 2.83 bits per heavy atom. The average Bonchev–Trinajstić information content (AvgIpc) is 2.80. The predicted octanol–water partition coefficient (Wildman–Crippen LogP) is 0.826. The Labute approximate surface area is 109 Å². The van der Waals surface area contributed by atoms with Gasteiger partial charge in [0.15, 0.2) is 0 Å². The summed E-state index contributed by atoms with van der Waals surface area (Å²) in [6.07, 6.45) is 3.73. The van der Waals surface area contributed by atoms with Gasteiger partial charge in [0, 0.05) is 44.1 Å². The molecule has 1 saturated heterocycles. The van der Waals surface area contributed by atoms with E-state index in [0.29, 0.717) is 6.04 Å². The molecule has 0 aliphatic carbocycles. The number of rotatable bonds is 4. The van der Waals surface area contributed by atoms with E-state index < -0.39 is 0 Å². The van der Waals surface area contributed by atoms with Gasteiger partial charge in [0.1, 0.15) is 5.82 Å². The molecule has 0 aromatic carbocycles. The van der Waals surface area contributed by atoms with E-state index in [4.69, 9.17) is 5.73 Å². The maximum Gasteiger partial charge on any atom is 0.124 e. The highest BCUT2D eigenvalue weighted by molar-refractivity contribution is 5.00. The van der Waals surface area contributed by atoms with Gasteiger partial charge in [0.25, 0.3) is 0 Å². The van der Waals surface area contributed by atoms with Gasteiger partial charge < -0.3 is 10.7 Å². The SMILES string of the molecule is CCN1CCN(CC(C)(C)N)CC1c1ncc[nH]1. The van der Waals surface area contributed by atoms with E-state index in [0.717, 1.165) is 38.5 Å². The monoisotopic (exact) mass is 251 g/mol. The molecule has 0 radical (unpaired) electrons. The van der Waals surface area contributed by atoms with Crippen molar-refractivity contribution in [2.75, 3.05) is 32.7 Å². The summed E-state index contributed by atoms with van der Waals surface area (Å²) in [5.41, 5.74) is 5.98. The Morgan fingerprint density at radius 2 is 2.28 bits per heavy atom. The van der Waals surface area contributed by atoms with E-state index in [1.54, 1.807) is 0 Å². The van der Waals surface area contributed by atoms with E-state index in [2.05, 4.69) is 40.5 Å². The van der Waals surface area contributed by atoms with Crippen LogP contribution in [-0.2, 0) is 0 Å². The number of likely N-dealkylation sites (N-methyl/N-ethyl adjacent to an activating group) is 1. The smallest absolute Gasteiger partial charge is 0.124 e. The zero-order valence-corrected chi connectivity index (χ0v) is 11.7. The standard InChI is InChI=1S/C13H25N5/c1-4-18-8-7-17(10-13(2,3)14)9-11(18)12-15-5-6-16-12/h5-6,11H,4,7-10,14H2,1-3H3,(H,15,16). The second kappa shape index (κ2) is 5.38. The molecule has 2 rings (SSSR count). The van der Waals surface area contributed by atoms with Crippen molar-refractivity contribution in [2.24, 2.45) is 5.73 Å². The highest BCUT2D eigenvalue weighted by Crippen LogP contribution is 2.23. The van der Waals surface area contributed by atoms with E-state index in [1.165, 1.54) is 0 Å². The summed E-state index contributed by atoms with van der Waals surface area (Å²) in [5.74, 6) is 1.07. The fraction of sp³-hybridized carbons (Fsp3) is 0.769. The number of aromatic amines is 1. The first-order chi connectivity index (χ1) is 8.49. The maximum atomic E-state index is 6.12. The largest absolute Gasteiger partial charge is 0.347 e. The van der Waals surface area contributed by atoms with E-state index in [1.807, 2.05) is 12.4 Å². The van der Waals surface area contributed by atoms with Crippen LogP contribution in [0.15, 0.2) is 12.4 Å². The summed E-state index contributed by atoms with van der Waals surface area (Å²) in [5, 5.41) is 0. The van der Waals surface area contributed by atoms with Gasteiger partial charge in [0.05, 0.1) is 6.04 Å². The molecule has 18 heavy (non-hydrogen) atoms. The molecule has 1 aromatic rings. The number of hydrogen-bond donors (Lipinski definition) is 2. The molecule has 1 atom stereocenters. The summed E-state index contributed by atoms with van der Waals surface area (Å²) in [4.78, 5) is 12.6. The first-order valence-corrected chi connectivity index (χ1v) is 6.74. The van der Waals surface area contributed by atoms with Gasteiger partial charge in [-0.2, -0.15) is 0 Å². The molecule has 1 unspecified atom stereocenters. The predicted molar refractivity (Wildman–Crippen MR) is 73.3 cm³/mol. The zero-order chi connectivity index (χ0) is 13.2. The van der Waals surface area contributed by atoms with Crippen molar-refractivity contribution in [3.05, 3.63) is 18.2 Å². The van der Waals surface area contributed by atoms with Crippen LogP contribution in [0.3, 0.4) is 0 Å². The molecule has 2 heterocycles. The average molecular weight is 251 g/mol. The van der Waals surface area contributed by atoms with Crippen LogP contribution in [0, 0.1) is 0 Å². The van der Waals surface area contributed by atoms with Crippen LogP contribution in [0.2, 0.25) is 0 Å².